The highest BCUT2D eigenvalue weighted by Gasteiger charge is 2.37. The van der Waals surface area contributed by atoms with Crippen LogP contribution in [0.25, 0.3) is 0 Å². The maximum absolute atomic E-state index is 12.5. The van der Waals surface area contributed by atoms with E-state index in [4.69, 9.17) is 4.42 Å². The zero-order chi connectivity index (χ0) is 18.2. The number of aliphatic hydroxyl groups excluding tert-OH is 1. The molecule has 5 nitrogen and oxygen atoms in total. The Morgan fingerprint density at radius 3 is 2.72 bits per heavy atom. The highest BCUT2D eigenvalue weighted by molar-refractivity contribution is 5.93. The summed E-state index contributed by atoms with van der Waals surface area (Å²) in [5.41, 5.74) is 1.62. The van der Waals surface area contributed by atoms with E-state index in [1.165, 1.54) is 12.8 Å². The summed E-state index contributed by atoms with van der Waals surface area (Å²) in [5, 5.41) is 13.4. The van der Waals surface area contributed by atoms with Crippen molar-refractivity contribution >= 4 is 5.91 Å². The van der Waals surface area contributed by atoms with Gasteiger partial charge in [-0.2, -0.15) is 0 Å². The van der Waals surface area contributed by atoms with Gasteiger partial charge in [0.2, 0.25) is 0 Å². The monoisotopic (exact) mass is 348 g/mol. The predicted octanol–water partition coefficient (Wildman–Crippen LogP) is 3.06. The normalized spacial score (nSPS) is 24.1. The van der Waals surface area contributed by atoms with Gasteiger partial charge in [-0.1, -0.05) is 20.8 Å². The van der Waals surface area contributed by atoms with Gasteiger partial charge in [-0.25, -0.2) is 0 Å². The molecule has 2 aliphatic rings. The molecule has 1 saturated heterocycles. The third-order valence-corrected chi connectivity index (χ3v) is 5.78. The summed E-state index contributed by atoms with van der Waals surface area (Å²) >= 11 is 0. The molecule has 3 rings (SSSR count). The summed E-state index contributed by atoms with van der Waals surface area (Å²) in [5.74, 6) is 1.80. The number of nitrogens with zero attached hydrogens (tertiary/aromatic N) is 1. The lowest BCUT2D eigenvalue weighted by Gasteiger charge is -2.31. The van der Waals surface area contributed by atoms with Gasteiger partial charge in [0.1, 0.15) is 5.76 Å². The molecule has 1 aliphatic heterocycles. The molecule has 1 amide bonds. The zero-order valence-electron chi connectivity index (χ0n) is 16.0. The van der Waals surface area contributed by atoms with Crippen molar-refractivity contribution in [3.8, 4) is 0 Å². The molecule has 0 aromatic carbocycles. The Hall–Kier alpha value is -1.33. The van der Waals surface area contributed by atoms with E-state index in [0.29, 0.717) is 18.7 Å². The number of furan rings is 1. The molecule has 1 fully saturated rings. The molecule has 0 unspecified atom stereocenters. The van der Waals surface area contributed by atoms with Gasteiger partial charge in [-0.05, 0) is 50.6 Å². The van der Waals surface area contributed by atoms with Crippen LogP contribution in [0.2, 0.25) is 0 Å². The van der Waals surface area contributed by atoms with Gasteiger partial charge in [0.05, 0.1) is 6.10 Å². The van der Waals surface area contributed by atoms with Gasteiger partial charge in [0.25, 0.3) is 5.91 Å². The van der Waals surface area contributed by atoms with Crippen molar-refractivity contribution in [3.05, 3.63) is 22.6 Å². The van der Waals surface area contributed by atoms with E-state index in [0.717, 1.165) is 48.9 Å². The smallest absolute Gasteiger partial charge is 0.287 e. The van der Waals surface area contributed by atoms with Crippen molar-refractivity contribution in [1.82, 2.24) is 10.2 Å². The molecule has 1 aromatic heterocycles. The summed E-state index contributed by atoms with van der Waals surface area (Å²) < 4.78 is 5.88. The van der Waals surface area contributed by atoms with Crippen molar-refractivity contribution in [2.75, 3.05) is 26.2 Å². The number of amides is 1. The van der Waals surface area contributed by atoms with Crippen LogP contribution in [0.5, 0.6) is 0 Å². The number of aliphatic hydroxyl groups is 1. The van der Waals surface area contributed by atoms with Crippen LogP contribution in [-0.4, -0.2) is 42.1 Å². The van der Waals surface area contributed by atoms with Crippen LogP contribution >= 0.6 is 0 Å². The second kappa shape index (κ2) is 7.12. The van der Waals surface area contributed by atoms with E-state index >= 15 is 0 Å². The first-order valence-corrected chi connectivity index (χ1v) is 9.57. The summed E-state index contributed by atoms with van der Waals surface area (Å²) in [4.78, 5) is 14.9. The second-order valence-electron chi connectivity index (χ2n) is 8.73. The summed E-state index contributed by atoms with van der Waals surface area (Å²) in [6, 6.07) is 0. The van der Waals surface area contributed by atoms with E-state index in [1.807, 2.05) is 6.92 Å². The standard InChI is InChI=1S/C20H32N2O3/c1-13-5-8-22(9-6-13)10-7-21-19(24)18-14(2)17-15(23)11-20(3,4)12-16(17)25-18/h13,15,23H,5-12H2,1-4H3,(H,21,24)/t15-/m1/s1. The lowest BCUT2D eigenvalue weighted by Crippen LogP contribution is -2.39. The average molecular weight is 348 g/mol. The Morgan fingerprint density at radius 1 is 1.36 bits per heavy atom. The molecule has 0 spiro atoms. The van der Waals surface area contributed by atoms with Crippen molar-refractivity contribution in [3.63, 3.8) is 0 Å². The molecule has 2 heterocycles. The van der Waals surface area contributed by atoms with E-state index in [2.05, 4.69) is 31.0 Å². The number of fused-ring (bicyclic) bond motifs is 1. The van der Waals surface area contributed by atoms with E-state index in [9.17, 15) is 9.90 Å². The first-order chi connectivity index (χ1) is 11.8. The first kappa shape index (κ1) is 18.5. The third kappa shape index (κ3) is 4.09. The molecule has 0 radical (unpaired) electrons. The number of carbonyl (C=O) groups excluding carboxylic acids is 1. The van der Waals surface area contributed by atoms with Crippen LogP contribution in [0.15, 0.2) is 4.42 Å². The number of nitrogens with one attached hydrogen (secondary N) is 1. The third-order valence-electron chi connectivity index (χ3n) is 5.78. The Bertz CT molecular complexity index is 627. The van der Waals surface area contributed by atoms with E-state index in [-0.39, 0.29) is 11.3 Å². The van der Waals surface area contributed by atoms with Crippen LogP contribution < -0.4 is 5.32 Å². The minimum absolute atomic E-state index is 0.00411. The van der Waals surface area contributed by atoms with Crippen molar-refractivity contribution in [1.29, 1.82) is 0 Å². The summed E-state index contributed by atoms with van der Waals surface area (Å²) in [6.07, 6.45) is 3.41. The number of piperidine rings is 1. The van der Waals surface area contributed by atoms with Gasteiger partial charge in [-0.15, -0.1) is 0 Å². The fourth-order valence-electron chi connectivity index (χ4n) is 4.20. The molecule has 5 heteroatoms. The number of rotatable bonds is 4. The number of hydrogen-bond donors (Lipinski definition) is 2. The Morgan fingerprint density at radius 2 is 2.04 bits per heavy atom. The van der Waals surface area contributed by atoms with Crippen LogP contribution in [-0.2, 0) is 6.42 Å². The van der Waals surface area contributed by atoms with Gasteiger partial charge in [0, 0.05) is 30.6 Å². The Kier molecular flexibility index (Phi) is 5.26. The van der Waals surface area contributed by atoms with Crippen molar-refractivity contribution in [2.45, 2.75) is 59.5 Å². The fourth-order valence-corrected chi connectivity index (χ4v) is 4.20. The molecule has 1 aromatic rings. The van der Waals surface area contributed by atoms with Crippen molar-refractivity contribution in [2.24, 2.45) is 11.3 Å². The lowest BCUT2D eigenvalue weighted by atomic mass is 9.75. The van der Waals surface area contributed by atoms with Crippen LogP contribution in [0.1, 0.15) is 73.6 Å². The van der Waals surface area contributed by atoms with Crippen LogP contribution in [0.3, 0.4) is 0 Å². The molecule has 0 saturated carbocycles. The van der Waals surface area contributed by atoms with Gasteiger partial charge in [0.15, 0.2) is 5.76 Å². The highest BCUT2D eigenvalue weighted by atomic mass is 16.4. The van der Waals surface area contributed by atoms with Crippen LogP contribution in [0.4, 0.5) is 0 Å². The molecular formula is C20H32N2O3. The van der Waals surface area contributed by atoms with Gasteiger partial charge < -0.3 is 19.7 Å². The SMILES string of the molecule is Cc1c(C(=O)NCCN2CCC(C)CC2)oc2c1[C@H](O)CC(C)(C)C2. The molecule has 0 bridgehead atoms. The maximum atomic E-state index is 12.5. The maximum Gasteiger partial charge on any atom is 0.287 e. The van der Waals surface area contributed by atoms with E-state index in [1.54, 1.807) is 0 Å². The van der Waals surface area contributed by atoms with Gasteiger partial charge in [-0.3, -0.25) is 4.79 Å². The van der Waals surface area contributed by atoms with Crippen LogP contribution in [0, 0.1) is 18.3 Å². The number of hydrogen-bond acceptors (Lipinski definition) is 4. The molecule has 140 valence electrons. The van der Waals surface area contributed by atoms with Crippen molar-refractivity contribution < 1.29 is 14.3 Å². The van der Waals surface area contributed by atoms with E-state index < -0.39 is 6.10 Å². The van der Waals surface area contributed by atoms with Gasteiger partial charge >= 0.3 is 0 Å². The highest BCUT2D eigenvalue weighted by Crippen LogP contribution is 2.43. The zero-order valence-corrected chi connectivity index (χ0v) is 16.0. The lowest BCUT2D eigenvalue weighted by molar-refractivity contribution is 0.0880. The fraction of sp³-hybridized carbons (Fsp3) is 0.750. The molecule has 25 heavy (non-hydrogen) atoms. The number of carbonyl (C=O) groups is 1. The molecule has 1 aliphatic carbocycles. The average Bonchev–Trinajstić information content (AvgIpc) is 2.84. The quantitative estimate of drug-likeness (QED) is 0.878. The molecule has 1 atom stereocenters. The minimum Gasteiger partial charge on any atom is -0.455 e. The topological polar surface area (TPSA) is 65.7 Å². The summed E-state index contributed by atoms with van der Waals surface area (Å²) in [7, 11) is 0. The largest absolute Gasteiger partial charge is 0.455 e. The molecular weight excluding hydrogens is 316 g/mol. The predicted molar refractivity (Wildman–Crippen MR) is 97.7 cm³/mol. The molecule has 2 N–H and O–H groups in total. The summed E-state index contributed by atoms with van der Waals surface area (Å²) in [6.45, 7) is 12.2. The second-order valence-corrected chi connectivity index (χ2v) is 8.73. The minimum atomic E-state index is -0.542. The number of likely N-dealkylation sites (tertiary alicyclic amines) is 1. The first-order valence-electron chi connectivity index (χ1n) is 9.57. The Balaban J connectivity index is 1.60. The Labute approximate surface area is 150 Å².